The fraction of sp³-hybridized carbons (Fsp3) is 0.677. The van der Waals surface area contributed by atoms with Gasteiger partial charge in [-0.25, -0.2) is 4.79 Å². The highest BCUT2D eigenvalue weighted by molar-refractivity contribution is 5.94. The van der Waals surface area contributed by atoms with E-state index in [4.69, 9.17) is 33.6 Å². The summed E-state index contributed by atoms with van der Waals surface area (Å²) < 4.78 is 61.7. The van der Waals surface area contributed by atoms with Crippen LogP contribution in [0.25, 0.3) is 0 Å². The van der Waals surface area contributed by atoms with E-state index in [1.165, 1.54) is 9.80 Å². The molecule has 2 aromatic rings. The van der Waals surface area contributed by atoms with Gasteiger partial charge in [0.15, 0.2) is 0 Å². The number of carbonyl (C=O) groups is 9. The number of aliphatic carboxylic acids is 2. The van der Waals surface area contributed by atoms with Gasteiger partial charge in [0.05, 0.1) is 61.4 Å². The maximum absolute atomic E-state index is 14.3. The van der Waals surface area contributed by atoms with E-state index in [2.05, 4.69) is 26.3 Å². The fourth-order valence-electron chi connectivity index (χ4n) is 11.9. The molecule has 2 atom stereocenters. The molecule has 5 fully saturated rings. The minimum atomic E-state index is -5.08. The lowest BCUT2D eigenvalue weighted by atomic mass is 9.86. The van der Waals surface area contributed by atoms with Crippen LogP contribution in [0.3, 0.4) is 0 Å². The van der Waals surface area contributed by atoms with Crippen molar-refractivity contribution in [3.8, 4) is 0 Å². The first-order valence-electron chi connectivity index (χ1n) is 31.0. The number of likely N-dealkylation sites (tertiary alicyclic amines) is 1. The summed E-state index contributed by atoms with van der Waals surface area (Å²) in [5, 5.41) is 28.2. The summed E-state index contributed by atoms with van der Waals surface area (Å²) >= 11 is 0. The predicted molar refractivity (Wildman–Crippen MR) is 310 cm³/mol. The van der Waals surface area contributed by atoms with Gasteiger partial charge in [-0.3, -0.25) is 43.3 Å². The molecule has 1 saturated heterocycles. The second-order valence-corrected chi connectivity index (χ2v) is 23.4. The molecular weight excluding hydrogens is 1160 g/mol. The van der Waals surface area contributed by atoms with Crippen LogP contribution in [0.1, 0.15) is 152 Å². The van der Waals surface area contributed by atoms with Crippen LogP contribution >= 0.6 is 0 Å². The van der Waals surface area contributed by atoms with E-state index in [0.29, 0.717) is 83.0 Å². The number of amides is 6. The summed E-state index contributed by atoms with van der Waals surface area (Å²) in [5.41, 5.74) is 1.64. The number of halogens is 3. The average molecular weight is 1240 g/mol. The van der Waals surface area contributed by atoms with Gasteiger partial charge >= 0.3 is 24.1 Å². The van der Waals surface area contributed by atoms with Crippen molar-refractivity contribution in [1.29, 1.82) is 0 Å². The summed E-state index contributed by atoms with van der Waals surface area (Å²) in [6, 6.07) is 12.6. The standard InChI is InChI=1S/C60H87N7O14.C2HF3O2/c1-66-56(72)36-51(57(66)44-10-5-29-61-37-44)58(73)67(38-54(70)62-30-34-79-49-25-21-47(22-26-49)77-32-6-11-52(68)64-45-17-13-42(14-18-45)59(74)75)39-55(71)63-31-35-80-50-27-23-48(24-28-50)78-33-7-12-53(69)65-46-19-15-43(16-20-46)60(76)81-40-41-8-3-2-4-9-41;3-2(4,5)1(6)7/h2-5,8-10,29,37,42-43,45-51,57H,6-7,11-28,30-36,38-40H2,1H3,(H,62,70)(H,63,71)(H,64,68)(H,65,69)(H,74,75);(H,6,7)/t42?,43?,45?,46?,47?,48?,49?,50?,51-,57+;/m0./s1. The first-order chi connectivity index (χ1) is 42.2. The number of alkyl halides is 3. The Bertz CT molecular complexity index is 2540. The SMILES string of the molecule is CN1C(=O)C[C@H](C(=O)N(CC(=O)NCCOC2CCC(OCCCC(=O)NC3CCC(C(=O)O)CC3)CC2)CC(=O)NCCOC2CCC(OCCCC(=O)NC3CCC(C(=O)OCc4ccccc4)CC3)CC2)[C@H]1c1cccnc1.O=C(O)C(F)(F)F. The number of ether oxygens (including phenoxy) is 5. The molecule has 0 unspecified atom stereocenters. The van der Waals surface area contributed by atoms with Crippen molar-refractivity contribution in [3.63, 3.8) is 0 Å². The highest BCUT2D eigenvalue weighted by Crippen LogP contribution is 2.38. The number of pyridine rings is 1. The van der Waals surface area contributed by atoms with E-state index in [9.17, 15) is 56.6 Å². The molecule has 7 rings (SSSR count). The van der Waals surface area contributed by atoms with Gasteiger partial charge < -0.3 is 65.0 Å². The number of rotatable bonds is 30. The number of carbonyl (C=O) groups excluding carboxylic acids is 7. The van der Waals surface area contributed by atoms with Crippen molar-refractivity contribution in [1.82, 2.24) is 36.1 Å². The van der Waals surface area contributed by atoms with Gasteiger partial charge in [0.1, 0.15) is 19.7 Å². The largest absolute Gasteiger partial charge is 0.490 e. The number of hydrogen-bond donors (Lipinski definition) is 6. The molecule has 4 saturated carbocycles. The maximum atomic E-state index is 14.3. The molecule has 488 valence electrons. The Morgan fingerprint density at radius 3 is 1.50 bits per heavy atom. The molecule has 0 radical (unpaired) electrons. The van der Waals surface area contributed by atoms with Crippen molar-refractivity contribution < 1.29 is 90.2 Å². The normalized spacial score (nSPS) is 24.6. The molecule has 6 N–H and O–H groups in total. The minimum Gasteiger partial charge on any atom is -0.481 e. The van der Waals surface area contributed by atoms with E-state index >= 15 is 0 Å². The first-order valence-corrected chi connectivity index (χ1v) is 31.0. The van der Waals surface area contributed by atoms with E-state index in [1.54, 1.807) is 31.6 Å². The van der Waals surface area contributed by atoms with Crippen LogP contribution in [0.4, 0.5) is 13.2 Å². The van der Waals surface area contributed by atoms with Crippen LogP contribution < -0.4 is 21.3 Å². The zero-order valence-corrected chi connectivity index (χ0v) is 50.3. The number of carboxylic acid groups (broad SMARTS) is 2. The van der Waals surface area contributed by atoms with E-state index in [0.717, 1.165) is 69.8 Å². The van der Waals surface area contributed by atoms with E-state index < -0.39 is 60.9 Å². The number of carboxylic acids is 2. The van der Waals surface area contributed by atoms with Crippen LogP contribution in [0.5, 0.6) is 0 Å². The third-order valence-corrected chi connectivity index (χ3v) is 16.8. The Labute approximate surface area is 511 Å². The Balaban J connectivity index is 0.00000166. The van der Waals surface area contributed by atoms with Crippen LogP contribution in [-0.2, 0) is 73.4 Å². The predicted octanol–water partition coefficient (Wildman–Crippen LogP) is 5.72. The van der Waals surface area contributed by atoms with E-state index in [1.807, 2.05) is 30.3 Å². The topological polar surface area (TPSA) is 308 Å². The summed E-state index contributed by atoms with van der Waals surface area (Å²) in [4.78, 5) is 119. The molecule has 1 aromatic heterocycles. The molecule has 6 amide bonds. The molecule has 2 heterocycles. The van der Waals surface area contributed by atoms with Gasteiger partial charge in [0.25, 0.3) is 0 Å². The van der Waals surface area contributed by atoms with Crippen molar-refractivity contribution >= 4 is 53.4 Å². The highest BCUT2D eigenvalue weighted by atomic mass is 19.4. The molecule has 4 aliphatic carbocycles. The van der Waals surface area contributed by atoms with Crippen LogP contribution in [0.2, 0.25) is 0 Å². The first kappa shape index (κ1) is 70.3. The second-order valence-electron chi connectivity index (χ2n) is 23.4. The molecule has 0 bridgehead atoms. The van der Waals surface area contributed by atoms with Crippen LogP contribution in [-0.4, -0.2) is 181 Å². The highest BCUT2D eigenvalue weighted by Gasteiger charge is 2.45. The zero-order valence-electron chi connectivity index (χ0n) is 50.3. The maximum Gasteiger partial charge on any atom is 0.490 e. The van der Waals surface area contributed by atoms with Gasteiger partial charge in [-0.2, -0.15) is 13.2 Å². The van der Waals surface area contributed by atoms with Gasteiger partial charge in [0.2, 0.25) is 35.4 Å². The van der Waals surface area contributed by atoms with Gasteiger partial charge in [0, 0.05) is 77.1 Å². The van der Waals surface area contributed by atoms with Crippen molar-refractivity contribution in [2.45, 2.75) is 190 Å². The van der Waals surface area contributed by atoms with Crippen LogP contribution in [0, 0.1) is 17.8 Å². The summed E-state index contributed by atoms with van der Waals surface area (Å²) in [5.74, 6) is -6.67. The lowest BCUT2D eigenvalue weighted by molar-refractivity contribution is -0.192. The van der Waals surface area contributed by atoms with E-state index in [-0.39, 0.29) is 111 Å². The van der Waals surface area contributed by atoms with Gasteiger partial charge in [-0.1, -0.05) is 36.4 Å². The van der Waals surface area contributed by atoms with Gasteiger partial charge in [-0.05, 0) is 133 Å². The number of aromatic nitrogens is 1. The fourth-order valence-corrected chi connectivity index (χ4v) is 11.9. The number of nitrogens with zero attached hydrogens (tertiary/aromatic N) is 3. The summed E-state index contributed by atoms with van der Waals surface area (Å²) in [7, 11) is 1.63. The lowest BCUT2D eigenvalue weighted by Gasteiger charge is -2.30. The third kappa shape index (κ3) is 24.7. The molecule has 0 spiro atoms. The molecule has 1 aliphatic heterocycles. The average Bonchev–Trinajstić information content (AvgIpc) is 2.78. The number of benzene rings is 1. The third-order valence-electron chi connectivity index (χ3n) is 16.8. The molecule has 23 nitrogen and oxygen atoms in total. The molecular formula is C62H88F3N7O16. The number of esters is 1. The van der Waals surface area contributed by atoms with Crippen molar-refractivity contribution in [2.24, 2.45) is 17.8 Å². The summed E-state index contributed by atoms with van der Waals surface area (Å²) in [6.07, 6.45) is 12.0. The number of hydrogen-bond acceptors (Lipinski definition) is 15. The Kier molecular flexibility index (Phi) is 29.3. The second kappa shape index (κ2) is 36.6. The van der Waals surface area contributed by atoms with Crippen LogP contribution in [0.15, 0.2) is 54.9 Å². The summed E-state index contributed by atoms with van der Waals surface area (Å²) in [6.45, 7) is 1.34. The molecule has 1 aromatic carbocycles. The number of nitrogens with one attached hydrogen (secondary N) is 4. The zero-order chi connectivity index (χ0) is 63.4. The Morgan fingerprint density at radius 2 is 1.07 bits per heavy atom. The van der Waals surface area contributed by atoms with Crippen molar-refractivity contribution in [2.75, 3.05) is 59.7 Å². The Hall–Kier alpha value is -6.77. The monoisotopic (exact) mass is 1240 g/mol. The molecule has 5 aliphatic rings. The Morgan fingerprint density at radius 1 is 0.614 bits per heavy atom. The smallest absolute Gasteiger partial charge is 0.481 e. The molecule has 26 heteroatoms. The lowest BCUT2D eigenvalue weighted by Crippen LogP contribution is -2.49. The quantitative estimate of drug-likeness (QED) is 0.0402. The van der Waals surface area contributed by atoms with Crippen molar-refractivity contribution in [3.05, 3.63) is 66.0 Å². The van der Waals surface area contributed by atoms with Gasteiger partial charge in [-0.15, -0.1) is 0 Å². The molecule has 88 heavy (non-hydrogen) atoms. The minimum absolute atomic E-state index is 0.000923.